The van der Waals surface area contributed by atoms with Crippen LogP contribution in [0.4, 0.5) is 0 Å². The number of imidazole rings is 1. The summed E-state index contributed by atoms with van der Waals surface area (Å²) < 4.78 is 24.3. The predicted molar refractivity (Wildman–Crippen MR) is 102 cm³/mol. The fourth-order valence-corrected chi connectivity index (χ4v) is 3.55. The van der Waals surface area contributed by atoms with E-state index in [1.165, 1.54) is 6.26 Å². The van der Waals surface area contributed by atoms with Crippen LogP contribution in [0.15, 0.2) is 48.5 Å². The van der Waals surface area contributed by atoms with E-state index in [-0.39, 0.29) is 11.7 Å². The van der Waals surface area contributed by atoms with Crippen molar-refractivity contribution in [1.29, 1.82) is 0 Å². The van der Waals surface area contributed by atoms with Crippen molar-refractivity contribution in [2.75, 3.05) is 18.6 Å². The highest BCUT2D eigenvalue weighted by atomic mass is 32.2. The van der Waals surface area contributed by atoms with E-state index in [1.54, 1.807) is 12.1 Å². The van der Waals surface area contributed by atoms with Gasteiger partial charge in [-0.05, 0) is 43.7 Å². The van der Waals surface area contributed by atoms with Crippen LogP contribution in [-0.4, -0.2) is 42.4 Å². The fourth-order valence-electron chi connectivity index (χ4n) is 2.88. The highest BCUT2D eigenvalue weighted by Gasteiger charge is 2.12. The van der Waals surface area contributed by atoms with E-state index >= 15 is 0 Å². The first-order chi connectivity index (χ1) is 12.3. The van der Waals surface area contributed by atoms with Crippen LogP contribution in [-0.2, 0) is 9.84 Å². The van der Waals surface area contributed by atoms with E-state index in [0.29, 0.717) is 18.5 Å². The molecule has 1 amide bonds. The zero-order chi connectivity index (χ0) is 18.7. The van der Waals surface area contributed by atoms with Crippen LogP contribution in [0.3, 0.4) is 0 Å². The van der Waals surface area contributed by atoms with Gasteiger partial charge in [-0.3, -0.25) is 9.36 Å². The summed E-state index contributed by atoms with van der Waals surface area (Å²) in [6, 6.07) is 15.3. The van der Waals surface area contributed by atoms with Crippen LogP contribution in [0.1, 0.15) is 22.6 Å². The lowest BCUT2D eigenvalue weighted by Gasteiger charge is -2.07. The summed E-state index contributed by atoms with van der Waals surface area (Å²) in [5, 5.41) is 2.75. The highest BCUT2D eigenvalue weighted by Crippen LogP contribution is 2.22. The van der Waals surface area contributed by atoms with Gasteiger partial charge in [0.2, 0.25) is 0 Å². The molecule has 0 fully saturated rings. The number of carbonyl (C=O) groups excluding carboxylic acids is 1. The average Bonchev–Trinajstić information content (AvgIpc) is 2.93. The van der Waals surface area contributed by atoms with Crippen LogP contribution in [0, 0.1) is 6.92 Å². The van der Waals surface area contributed by atoms with Gasteiger partial charge in [-0.15, -0.1) is 0 Å². The number of sulfone groups is 1. The summed E-state index contributed by atoms with van der Waals surface area (Å²) in [5.74, 6) is 0.678. The molecule has 0 unspecified atom stereocenters. The second-order valence-electron chi connectivity index (χ2n) is 6.27. The molecule has 0 atom stereocenters. The number of benzene rings is 2. The van der Waals surface area contributed by atoms with Crippen molar-refractivity contribution < 1.29 is 13.2 Å². The molecule has 7 heteroatoms. The van der Waals surface area contributed by atoms with Gasteiger partial charge in [-0.2, -0.15) is 0 Å². The van der Waals surface area contributed by atoms with Crippen LogP contribution in [0.25, 0.3) is 16.7 Å². The van der Waals surface area contributed by atoms with Gasteiger partial charge in [0.05, 0.1) is 16.8 Å². The van der Waals surface area contributed by atoms with Crippen LogP contribution in [0.5, 0.6) is 0 Å². The molecule has 2 aromatic carbocycles. The molecule has 26 heavy (non-hydrogen) atoms. The molecule has 1 heterocycles. The molecule has 0 bridgehead atoms. The number of aryl methyl sites for hydroxylation is 1. The number of carbonyl (C=O) groups is 1. The minimum atomic E-state index is -3.01. The van der Waals surface area contributed by atoms with Gasteiger partial charge in [0.1, 0.15) is 15.7 Å². The standard InChI is InChI=1S/C19H21N3O3S/c1-14-21-17-13-15(19(23)20-11-6-12-26(2,24)25)9-10-18(17)22(14)16-7-4-3-5-8-16/h3-5,7-10,13H,6,11-12H2,1-2H3,(H,20,23). The monoisotopic (exact) mass is 371 g/mol. The van der Waals surface area contributed by atoms with E-state index in [0.717, 1.165) is 22.5 Å². The van der Waals surface area contributed by atoms with E-state index in [4.69, 9.17) is 0 Å². The predicted octanol–water partition coefficient (Wildman–Crippen LogP) is 2.50. The Morgan fingerprint density at radius 2 is 1.88 bits per heavy atom. The van der Waals surface area contributed by atoms with E-state index in [1.807, 2.05) is 47.9 Å². The molecular formula is C19H21N3O3S. The fraction of sp³-hybridized carbons (Fsp3) is 0.263. The Morgan fingerprint density at radius 1 is 1.15 bits per heavy atom. The third kappa shape index (κ3) is 4.11. The van der Waals surface area contributed by atoms with Crippen molar-refractivity contribution in [3.8, 4) is 5.69 Å². The van der Waals surface area contributed by atoms with Gasteiger partial charge in [-0.1, -0.05) is 18.2 Å². The van der Waals surface area contributed by atoms with E-state index < -0.39 is 9.84 Å². The maximum Gasteiger partial charge on any atom is 0.251 e. The van der Waals surface area contributed by atoms with Crippen molar-refractivity contribution in [2.24, 2.45) is 0 Å². The molecule has 1 N–H and O–H groups in total. The summed E-state index contributed by atoms with van der Waals surface area (Å²) in [7, 11) is -3.01. The maximum absolute atomic E-state index is 12.3. The number of nitrogens with zero attached hydrogens (tertiary/aromatic N) is 2. The zero-order valence-electron chi connectivity index (χ0n) is 14.8. The number of rotatable bonds is 6. The van der Waals surface area contributed by atoms with Crippen molar-refractivity contribution in [3.05, 3.63) is 59.9 Å². The number of nitrogens with one attached hydrogen (secondary N) is 1. The Balaban J connectivity index is 1.79. The van der Waals surface area contributed by atoms with Gasteiger partial charge in [0.15, 0.2) is 0 Å². The molecule has 3 aromatic rings. The lowest BCUT2D eigenvalue weighted by molar-refractivity contribution is 0.0954. The summed E-state index contributed by atoms with van der Waals surface area (Å²) in [6.07, 6.45) is 1.59. The molecule has 3 rings (SSSR count). The first kappa shape index (κ1) is 18.1. The smallest absolute Gasteiger partial charge is 0.251 e. The van der Waals surface area contributed by atoms with Crippen molar-refractivity contribution in [1.82, 2.24) is 14.9 Å². The first-order valence-electron chi connectivity index (χ1n) is 8.35. The molecule has 0 aliphatic rings. The minimum absolute atomic E-state index is 0.0625. The van der Waals surface area contributed by atoms with Crippen LogP contribution >= 0.6 is 0 Å². The maximum atomic E-state index is 12.3. The molecule has 6 nitrogen and oxygen atoms in total. The van der Waals surface area contributed by atoms with Crippen LogP contribution in [0.2, 0.25) is 0 Å². The first-order valence-corrected chi connectivity index (χ1v) is 10.4. The van der Waals surface area contributed by atoms with Gasteiger partial charge in [0, 0.05) is 24.1 Å². The van der Waals surface area contributed by atoms with Gasteiger partial charge in [-0.25, -0.2) is 13.4 Å². The normalized spacial score (nSPS) is 11.6. The lowest BCUT2D eigenvalue weighted by atomic mass is 10.2. The van der Waals surface area contributed by atoms with Crippen molar-refractivity contribution >= 4 is 26.8 Å². The number of amides is 1. The number of para-hydroxylation sites is 1. The van der Waals surface area contributed by atoms with Gasteiger partial charge in [0.25, 0.3) is 5.91 Å². The number of hydrogen-bond acceptors (Lipinski definition) is 4. The molecule has 0 aliphatic heterocycles. The Morgan fingerprint density at radius 3 is 2.58 bits per heavy atom. The topological polar surface area (TPSA) is 81.1 Å². The third-order valence-corrected chi connectivity index (χ3v) is 5.11. The molecule has 0 saturated heterocycles. The van der Waals surface area contributed by atoms with E-state index in [2.05, 4.69) is 10.3 Å². The minimum Gasteiger partial charge on any atom is -0.352 e. The zero-order valence-corrected chi connectivity index (χ0v) is 15.6. The van der Waals surface area contributed by atoms with Crippen molar-refractivity contribution in [2.45, 2.75) is 13.3 Å². The Bertz CT molecular complexity index is 1040. The summed E-state index contributed by atoms with van der Waals surface area (Å²) in [5.41, 5.74) is 3.21. The van der Waals surface area contributed by atoms with Crippen LogP contribution < -0.4 is 5.32 Å². The Kier molecular flexibility index (Phi) is 5.08. The third-order valence-electron chi connectivity index (χ3n) is 4.08. The summed E-state index contributed by atoms with van der Waals surface area (Å²) in [4.78, 5) is 16.8. The van der Waals surface area contributed by atoms with Crippen molar-refractivity contribution in [3.63, 3.8) is 0 Å². The number of hydrogen-bond donors (Lipinski definition) is 1. The second-order valence-corrected chi connectivity index (χ2v) is 8.53. The Labute approximate surface area is 152 Å². The van der Waals surface area contributed by atoms with Gasteiger partial charge < -0.3 is 5.32 Å². The molecule has 0 aliphatic carbocycles. The lowest BCUT2D eigenvalue weighted by Crippen LogP contribution is -2.25. The molecule has 136 valence electrons. The molecule has 0 saturated carbocycles. The Hall–Kier alpha value is -2.67. The number of fused-ring (bicyclic) bond motifs is 1. The van der Waals surface area contributed by atoms with Gasteiger partial charge >= 0.3 is 0 Å². The summed E-state index contributed by atoms with van der Waals surface area (Å²) >= 11 is 0. The SMILES string of the molecule is Cc1nc2cc(C(=O)NCCCS(C)(=O)=O)ccc2n1-c1ccccc1. The molecule has 1 aromatic heterocycles. The molecular weight excluding hydrogens is 350 g/mol. The highest BCUT2D eigenvalue weighted by molar-refractivity contribution is 7.90. The average molecular weight is 371 g/mol. The summed E-state index contributed by atoms with van der Waals surface area (Å²) in [6.45, 7) is 2.25. The molecule has 0 radical (unpaired) electrons. The number of aromatic nitrogens is 2. The largest absolute Gasteiger partial charge is 0.352 e. The second kappa shape index (κ2) is 7.29. The quantitative estimate of drug-likeness (QED) is 0.675. The molecule has 0 spiro atoms. The van der Waals surface area contributed by atoms with E-state index in [9.17, 15) is 13.2 Å².